The molecule has 0 aromatic heterocycles. The molecule has 0 aromatic rings. The molecule has 0 amide bonds. The molecule has 0 aliphatic heterocycles. The van der Waals surface area contributed by atoms with Crippen LogP contribution in [0, 0.1) is 0 Å². The Morgan fingerprint density at radius 1 is 0.619 bits per heavy atom. The van der Waals surface area contributed by atoms with Crippen molar-refractivity contribution in [3.8, 4) is 0 Å². The van der Waals surface area contributed by atoms with E-state index in [1.54, 1.807) is 0 Å². The Labute approximate surface area is 126 Å². The van der Waals surface area contributed by atoms with Gasteiger partial charge in [-0.05, 0) is 0 Å². The lowest BCUT2D eigenvalue weighted by atomic mass is 10.8. The highest BCUT2D eigenvalue weighted by Crippen LogP contribution is 2.19. The molecular weight excluding hydrogens is 330 g/mol. The molecule has 0 bridgehead atoms. The van der Waals surface area contributed by atoms with Crippen LogP contribution in [-0.4, -0.2) is 90.4 Å². The molecule has 0 spiro atoms. The molecule has 0 atom stereocenters. The van der Waals surface area contributed by atoms with E-state index in [0.29, 0.717) is 0 Å². The van der Waals surface area contributed by atoms with Gasteiger partial charge in [0.1, 0.15) is 0 Å². The van der Waals surface area contributed by atoms with Crippen LogP contribution < -0.4 is 9.79 Å². The molecule has 6 N–H and O–H groups in total. The molecule has 0 fully saturated rings. The van der Waals surface area contributed by atoms with E-state index in [4.69, 9.17) is 38.5 Å². The summed E-state index contributed by atoms with van der Waals surface area (Å²) in [5, 5.41) is 0. The Morgan fingerprint density at radius 2 is 0.619 bits per heavy atom. The van der Waals surface area contributed by atoms with Crippen molar-refractivity contribution in [3.05, 3.63) is 0 Å². The zero-order valence-electron chi connectivity index (χ0n) is 13.7. The smallest absolute Gasteiger partial charge is 0.262 e. The maximum absolute atomic E-state index is 8.77. The van der Waals surface area contributed by atoms with E-state index in [1.165, 1.54) is 0 Å². The van der Waals surface area contributed by atoms with E-state index in [2.05, 4.69) is 56.4 Å². The molecule has 136 valence electrons. The molecule has 0 aliphatic carbocycles. The van der Waals surface area contributed by atoms with Crippen LogP contribution in [-0.2, 0) is 9.13 Å². The van der Waals surface area contributed by atoms with Crippen molar-refractivity contribution in [1.82, 2.24) is 0 Å². The van der Waals surface area contributed by atoms with Gasteiger partial charge in [-0.15, -0.1) is 0 Å². The lowest BCUT2D eigenvalue weighted by Gasteiger charge is -2.14. The van der Waals surface area contributed by atoms with Gasteiger partial charge in [0.25, 0.3) is 15.6 Å². The molecule has 0 aromatic carbocycles. The Balaban J connectivity index is -0.0000000533. The molecule has 0 rings (SSSR count). The highest BCUT2D eigenvalue weighted by molar-refractivity contribution is 7.43. The van der Waals surface area contributed by atoms with E-state index < -0.39 is 15.6 Å². The van der Waals surface area contributed by atoms with Crippen molar-refractivity contribution in [2.24, 2.45) is 0 Å². The second-order valence-electron chi connectivity index (χ2n) is 6.35. The Bertz CT molecular complexity index is 252. The molecule has 0 aliphatic rings. The largest absolute Gasteiger partial charge is 0.756 e. The number of nitrogens with zero attached hydrogens (tertiary/aromatic N) is 2. The highest BCUT2D eigenvalue weighted by atomic mass is 31.2. The number of rotatable bonds is 0. The first-order chi connectivity index (χ1) is 8.00. The molecule has 0 radical (unpaired) electrons. The van der Waals surface area contributed by atoms with E-state index in [0.717, 1.165) is 8.97 Å². The van der Waals surface area contributed by atoms with Crippen molar-refractivity contribution in [2.45, 2.75) is 0 Å². The van der Waals surface area contributed by atoms with Crippen molar-refractivity contribution in [3.63, 3.8) is 0 Å². The minimum Gasteiger partial charge on any atom is -0.756 e. The van der Waals surface area contributed by atoms with Gasteiger partial charge in [-0.2, -0.15) is 0 Å². The monoisotopic (exact) mass is 360 g/mol. The SMILES string of the molecule is C[N+](C)(C)C.C[N+](C)(C)C.O.O=P([O-])(O)O.O=P([O-])(O)O. The summed E-state index contributed by atoms with van der Waals surface area (Å²) >= 11 is 0. The Hall–Kier alpha value is 0.1000. The predicted molar refractivity (Wildman–Crippen MR) is 75.6 cm³/mol. The summed E-state index contributed by atoms with van der Waals surface area (Å²) in [6.07, 6.45) is 0. The minimum absolute atomic E-state index is 0. The second-order valence-corrected chi connectivity index (χ2v) is 8.31. The van der Waals surface area contributed by atoms with Gasteiger partial charge < -0.3 is 43.8 Å². The summed E-state index contributed by atoms with van der Waals surface area (Å²) in [6, 6.07) is 0. The summed E-state index contributed by atoms with van der Waals surface area (Å²) in [6.45, 7) is 0. The maximum Gasteiger partial charge on any atom is 0.262 e. The molecule has 0 saturated heterocycles. The van der Waals surface area contributed by atoms with Gasteiger partial charge >= 0.3 is 0 Å². The number of hydrogen-bond acceptors (Lipinski definition) is 4. The third-order valence-corrected chi connectivity index (χ3v) is 0. The lowest BCUT2D eigenvalue weighted by Crippen LogP contribution is -2.27. The van der Waals surface area contributed by atoms with Crippen molar-refractivity contribution >= 4 is 15.6 Å². The van der Waals surface area contributed by atoms with Crippen LogP contribution in [0.4, 0.5) is 0 Å². The first-order valence-corrected chi connectivity index (χ1v) is 8.17. The lowest BCUT2D eigenvalue weighted by molar-refractivity contribution is -0.849. The van der Waals surface area contributed by atoms with Crippen LogP contribution in [0.1, 0.15) is 0 Å². The van der Waals surface area contributed by atoms with E-state index in [-0.39, 0.29) is 5.48 Å². The van der Waals surface area contributed by atoms with Gasteiger partial charge in [0.15, 0.2) is 0 Å². The third kappa shape index (κ3) is 658000. The molecule has 13 heteroatoms. The van der Waals surface area contributed by atoms with Gasteiger partial charge in [-0.25, -0.2) is 0 Å². The average molecular weight is 360 g/mol. The van der Waals surface area contributed by atoms with Gasteiger partial charge in [-0.3, -0.25) is 9.13 Å². The quantitative estimate of drug-likeness (QED) is 0.255. The number of quaternary nitrogens is 2. The van der Waals surface area contributed by atoms with E-state index in [9.17, 15) is 0 Å². The van der Waals surface area contributed by atoms with Crippen LogP contribution in [0.15, 0.2) is 0 Å². The Morgan fingerprint density at radius 3 is 0.619 bits per heavy atom. The normalized spacial score (nSPS) is 11.3. The second kappa shape index (κ2) is 12.6. The van der Waals surface area contributed by atoms with E-state index in [1.807, 2.05) is 0 Å². The summed E-state index contributed by atoms with van der Waals surface area (Å²) in [5.41, 5.74) is 0. The molecular formula is C8H30N2O9P2. The molecule has 21 heavy (non-hydrogen) atoms. The summed E-state index contributed by atoms with van der Waals surface area (Å²) < 4.78 is 19.5. The van der Waals surface area contributed by atoms with Gasteiger partial charge in [0.2, 0.25) is 0 Å². The molecule has 11 nitrogen and oxygen atoms in total. The average Bonchev–Trinajstić information content (AvgIpc) is 1.62. The number of hydrogen-bond donors (Lipinski definition) is 4. The van der Waals surface area contributed by atoms with Crippen LogP contribution in [0.25, 0.3) is 0 Å². The molecule has 0 saturated carbocycles. The first-order valence-electron chi connectivity index (χ1n) is 5.11. The molecule has 0 unspecified atom stereocenters. The zero-order chi connectivity index (χ0) is 18.0. The highest BCUT2D eigenvalue weighted by Gasteiger charge is 1.88. The fraction of sp³-hybridized carbons (Fsp3) is 1.00. The van der Waals surface area contributed by atoms with Gasteiger partial charge in [0.05, 0.1) is 56.4 Å². The predicted octanol–water partition coefficient (Wildman–Crippen LogP) is -3.30. The summed E-state index contributed by atoms with van der Waals surface area (Å²) in [7, 11) is 7.22. The minimum atomic E-state index is -4.89. The van der Waals surface area contributed by atoms with Crippen LogP contribution >= 0.6 is 15.6 Å². The standard InChI is InChI=1S/2C4H12N.2H3O4P.H2O/c4*1-5(2,3)4;/h2*1-4H3;2*(H3,1,2,3,4);1H2/q2*+1;;;/p-2. The van der Waals surface area contributed by atoms with Gasteiger partial charge in [0, 0.05) is 0 Å². The van der Waals surface area contributed by atoms with E-state index >= 15 is 0 Å². The van der Waals surface area contributed by atoms with Crippen LogP contribution in [0.5, 0.6) is 0 Å². The maximum atomic E-state index is 8.77. The van der Waals surface area contributed by atoms with Crippen molar-refractivity contribution < 1.29 is 52.9 Å². The third-order valence-electron chi connectivity index (χ3n) is 0. The number of phosphoric acid groups is 2. The van der Waals surface area contributed by atoms with Crippen LogP contribution in [0.3, 0.4) is 0 Å². The van der Waals surface area contributed by atoms with Crippen molar-refractivity contribution in [2.75, 3.05) is 56.4 Å². The first kappa shape index (κ1) is 32.9. The van der Waals surface area contributed by atoms with Gasteiger partial charge in [-0.1, -0.05) is 0 Å². The van der Waals surface area contributed by atoms with Crippen molar-refractivity contribution in [1.29, 1.82) is 0 Å². The fourth-order valence-electron chi connectivity index (χ4n) is 0. The summed E-state index contributed by atoms with van der Waals surface area (Å²) in [5.74, 6) is 0. The fourth-order valence-corrected chi connectivity index (χ4v) is 0. The zero-order valence-corrected chi connectivity index (χ0v) is 15.5. The molecule has 0 heterocycles. The Kier molecular flexibility index (Phi) is 19.8. The topological polar surface area (TPSA) is 193 Å². The van der Waals surface area contributed by atoms with Crippen LogP contribution in [0.2, 0.25) is 0 Å². The summed E-state index contributed by atoms with van der Waals surface area (Å²) in [4.78, 5) is 45.8.